The Morgan fingerprint density at radius 3 is 1.71 bits per heavy atom. The molecule has 0 saturated carbocycles. The van der Waals surface area contributed by atoms with Crippen LogP contribution in [0.25, 0.3) is 0 Å². The van der Waals surface area contributed by atoms with E-state index in [9.17, 15) is 42.5 Å². The molecule has 0 aromatic rings. The van der Waals surface area contributed by atoms with Gasteiger partial charge in [-0.3, -0.25) is 29.1 Å². The van der Waals surface area contributed by atoms with Crippen LogP contribution in [0.15, 0.2) is 0 Å². The van der Waals surface area contributed by atoms with Crippen molar-refractivity contribution in [3.63, 3.8) is 0 Å². The van der Waals surface area contributed by atoms with Gasteiger partial charge in [-0.15, -0.1) is 0 Å². The van der Waals surface area contributed by atoms with E-state index in [0.29, 0.717) is 148 Å². The van der Waals surface area contributed by atoms with Gasteiger partial charge in [0.05, 0.1) is 177 Å². The molecule has 12 aliphatic rings. The fourth-order valence-electron chi connectivity index (χ4n) is 17.6. The van der Waals surface area contributed by atoms with E-state index >= 15 is 0 Å². The summed E-state index contributed by atoms with van der Waals surface area (Å²) in [6, 6.07) is -2.06. The van der Waals surface area contributed by atoms with Crippen LogP contribution in [0.1, 0.15) is 157 Å². The van der Waals surface area contributed by atoms with Crippen molar-refractivity contribution in [1.82, 2.24) is 36.3 Å². The Hall–Kier alpha value is -2.45. The zero-order valence-electron chi connectivity index (χ0n) is 91.1. The molecule has 12 heterocycles. The van der Waals surface area contributed by atoms with Gasteiger partial charge in [-0.2, -0.15) is 5.06 Å². The molecule has 12 fully saturated rings. The highest BCUT2D eigenvalue weighted by atomic mass is 31.2. The zero-order chi connectivity index (χ0) is 108. The Bertz CT molecular complexity index is 3590. The monoisotopic (exact) mass is 2050 g/mol. The van der Waals surface area contributed by atoms with E-state index in [-0.39, 0.29) is 176 Å². The number of Topliss-reactive ketones (excluding diaryl/α,β-unsaturated/α-hetero) is 1. The second-order valence-electron chi connectivity index (χ2n) is 36.7. The SMILES string of the molecule is CCC.CCC(=O)N(CCNC)CC(C)=O.COC[C@H]1OC[C@@H](C)C[C@H]1OP(C)(=O)[O-].COC[C@H]1O[C@@H](C)C(F)[C@H]1NP(C)(=O)[O-].[3H][C@@H]1C[C@@H](OC)[C@@H](C(=O)NCC[C@@H]2C[C@H]([3H])O[C@@H]2COC)O1.[3H][C@@H]1C[C@@H](OC)[C@@H](CCC(=O)N[C@@H]2C[C@H]([3H])O[C@@H]2COC)O1.[B][C@@H]1O[C@@]2(CC)COC1[C@H]2C.[B][C@H]1C[C@@H](CN(C)OC[C@H]2O[C@@H]([B])C[C@H]2NC)[C@@H](COC)O1.[B][C@H]1C[C@@H](OC)[C@@H](COCO[C@@H]2C[C@H]([B])O[C@@H]2COC)O1. The van der Waals surface area contributed by atoms with Crippen LogP contribution in [-0.2, 0) is 147 Å². The summed E-state index contributed by atoms with van der Waals surface area (Å²) < 4.78 is 194. The number of rotatable bonds is 45. The van der Waals surface area contributed by atoms with Crippen LogP contribution in [0.3, 0.4) is 0 Å². The predicted molar refractivity (Wildman–Crippen MR) is 522 cm³/mol. The van der Waals surface area contributed by atoms with Gasteiger partial charge in [0.1, 0.15) is 90.0 Å². The first-order valence-electron chi connectivity index (χ1n) is 51.2. The van der Waals surface area contributed by atoms with E-state index < -0.39 is 78.1 Å². The minimum absolute atomic E-state index is 0.0206. The highest BCUT2D eigenvalue weighted by molar-refractivity contribution is 7.53. The van der Waals surface area contributed by atoms with Gasteiger partial charge in [-0.1, -0.05) is 48.0 Å². The fraction of sp³-hybridized carbons (Fsp3) is 0.957. The third-order valence-corrected chi connectivity index (χ3v) is 26.5. The van der Waals surface area contributed by atoms with Crippen molar-refractivity contribution in [2.75, 3.05) is 230 Å². The Morgan fingerprint density at radius 2 is 1.13 bits per heavy atom. The van der Waals surface area contributed by atoms with Crippen molar-refractivity contribution >= 4 is 77.9 Å². The molecule has 806 valence electrons. The average Bonchev–Trinajstić information content (AvgIpc) is 1.59. The van der Waals surface area contributed by atoms with E-state index in [1.54, 1.807) is 68.5 Å². The fourth-order valence-corrected chi connectivity index (χ4v) is 19.2. The van der Waals surface area contributed by atoms with Gasteiger partial charge in [-0.25, -0.2) is 4.39 Å². The maximum Gasteiger partial charge on any atom is 0.251 e. The molecule has 10 radical (unpaired) electrons. The maximum atomic E-state index is 13.6. The van der Waals surface area contributed by atoms with Crippen molar-refractivity contribution < 1.29 is 166 Å². The molecule has 5 N–H and O–H groups in total. The van der Waals surface area contributed by atoms with Crippen LogP contribution < -0.4 is 36.1 Å². The second kappa shape index (κ2) is 70.6. The van der Waals surface area contributed by atoms with Gasteiger partial charge >= 0.3 is 0 Å². The number of nitrogens with one attached hydrogen (secondary N) is 5. The third-order valence-electron chi connectivity index (χ3n) is 25.1. The van der Waals surface area contributed by atoms with Crippen LogP contribution in [0.5, 0.6) is 0 Å². The van der Waals surface area contributed by atoms with E-state index in [2.05, 4.69) is 54.0 Å². The van der Waals surface area contributed by atoms with Crippen molar-refractivity contribution in [3.8, 4) is 0 Å². The van der Waals surface area contributed by atoms with Gasteiger partial charge in [0.25, 0.3) is 5.91 Å². The molecule has 12 saturated heterocycles. The molecule has 0 aromatic carbocycles. The number of methoxy groups -OCH3 is 9. The Balaban J connectivity index is 0.000000345. The third kappa shape index (κ3) is 47.4. The molecule has 40 nitrogen and oxygen atoms in total. The smallest absolute Gasteiger partial charge is 0.251 e. The average molecular weight is 2050 g/mol. The first kappa shape index (κ1) is 123. The first-order chi connectivity index (χ1) is 68.2. The number of ether oxygens (including phenoxy) is 23. The van der Waals surface area contributed by atoms with E-state index in [4.69, 9.17) is 163 Å². The highest BCUT2D eigenvalue weighted by Crippen LogP contribution is 2.46. The summed E-state index contributed by atoms with van der Waals surface area (Å²) in [5.74, 6) is 0.989. The predicted octanol–water partition coefficient (Wildman–Crippen LogP) is 2.35. The van der Waals surface area contributed by atoms with Gasteiger partial charge in [0.2, 0.25) is 11.8 Å². The minimum atomic E-state index is -3.72. The molecule has 0 spiro atoms. The first-order valence-corrected chi connectivity index (χ1v) is 53.0. The number of hydrogen-bond donors (Lipinski definition) is 5. The van der Waals surface area contributed by atoms with Crippen LogP contribution in [0, 0.1) is 23.7 Å². The molecule has 140 heavy (non-hydrogen) atoms. The van der Waals surface area contributed by atoms with Crippen molar-refractivity contribution in [3.05, 3.63) is 0 Å². The molecule has 0 aliphatic carbocycles. The molecular formula is C92H171B5FN7O33P2-2. The van der Waals surface area contributed by atoms with Gasteiger partial charge in [-0.05, 0) is 117 Å². The van der Waals surface area contributed by atoms with E-state index in [0.717, 1.165) is 58.7 Å². The number of alkyl halides is 1. The summed E-state index contributed by atoms with van der Waals surface area (Å²) in [7, 11) is 41.4. The number of ketones is 1. The lowest BCUT2D eigenvalue weighted by molar-refractivity contribution is -0.211. The van der Waals surface area contributed by atoms with Gasteiger partial charge in [0.15, 0.2) is 6.10 Å². The number of carbonyl (C=O) groups is 4. The number of halogens is 1. The topological polar surface area (TPSA) is 446 Å². The molecule has 2 bridgehead atoms. The summed E-state index contributed by atoms with van der Waals surface area (Å²) in [4.78, 5) is 75.8. The van der Waals surface area contributed by atoms with Crippen LogP contribution in [-0.4, -0.2) is 467 Å². The molecule has 0 aromatic heterocycles. The van der Waals surface area contributed by atoms with Crippen LogP contribution in [0.2, 0.25) is 0 Å². The molecule has 48 heteroatoms. The number of amides is 3. The molecular weight excluding hydrogens is 1870 g/mol. The molecule has 12 aliphatic heterocycles. The molecule has 12 rings (SSSR count). The van der Waals surface area contributed by atoms with E-state index in [1.807, 2.05) is 33.1 Å². The standard InChI is InChI=1S/C14H26B2N2O4.2C14H25NO5.C13H22B2O6.C9H18N2O2.C9H19O5P.C8H13BO2.C8H17FNO4P.C3H8/c1-17-10-5-14(16)22-12(10)8-20-18(2)6-9-4-13(15)21-11(9)7-19-3;1-17-9-12-10(4-7-19-12)3-6-15-14(16)13-11(18-2)5-8-20-13;1-17-9-13-10(5-7-20-13)15-14(16)4-3-12-11(18-2)6-8-19-12;1-16-5-10-9(4-13(15)20-10)19-7-18-6-11-8(17-2)3-12(14)21-11;1-4-9(13)11(6-5-10-3)7-8(2)12;1-7-4-8(14-15(3,10)11)9(6-12-2)13-5-7;1-3-8-4-10-6(5(8)2)7(9)11-8;1-5-7(9)8(10-15(3,11)12)6(14-5)4-13-2;1-3-2/h9-14,17H,4-8H2,1-3H3;2*10-13H,3-9H2,1-2H3,(H,15,16);8-13H,3-7H2,1-2H3;10H,4-7H2,1-3H3;7-9H,4-6H2,1-3H3,(H,10,11);5-7H,3-4H2,1-2H3;5-8H,4H2,1-3H3,(H2,10,11,12);3H2,1-2H3/p-2/t9-,10+,11+,12+,13+,14+;10-,11-,12-,13+;10-,11-,12-,13-;8-,9-,10-,11-,12-,13-;;7-,8+,9+;5-,6?,7-,8+;5-,6+,7?,8-;/m0111.010./s1/i;2*7T,8T;;;;;;/tm;7-,8+,10+,11+,12+,13-;7-,8+,10+,11+,12+,13+;;;;;;/m000....... The van der Waals surface area contributed by atoms with Crippen LogP contribution >= 0.6 is 15.1 Å². The number of hydrogen-bond acceptors (Lipinski definition) is 36. The Kier molecular flexibility index (Phi) is 61.9. The number of carbonyl (C=O) groups excluding carboxylic acids is 4. The number of likely N-dealkylation sites (N-methyl/N-ethyl adjacent to an activating group) is 2. The van der Waals surface area contributed by atoms with Crippen molar-refractivity contribution in [2.45, 2.75) is 315 Å². The molecule has 4 unspecified atom stereocenters. The van der Waals surface area contributed by atoms with Crippen molar-refractivity contribution in [2.24, 2.45) is 23.7 Å². The highest BCUT2D eigenvalue weighted by Gasteiger charge is 2.56. The largest absolute Gasteiger partial charge is 0.788 e. The Labute approximate surface area is 846 Å². The molecule has 3 amide bonds. The number of nitrogens with zero attached hydrogens (tertiary/aromatic N) is 2. The maximum absolute atomic E-state index is 13.6. The van der Waals surface area contributed by atoms with Gasteiger partial charge < -0.3 is 159 Å². The second-order valence-corrected chi connectivity index (χ2v) is 40.4. The summed E-state index contributed by atoms with van der Waals surface area (Å²) >= 11 is 0. The van der Waals surface area contributed by atoms with Crippen LogP contribution in [0.4, 0.5) is 4.39 Å². The number of hydroxylamine groups is 2. The summed E-state index contributed by atoms with van der Waals surface area (Å²) in [5.41, 5.74) is -0.0654. The minimum Gasteiger partial charge on any atom is -0.788 e. The zero-order valence-corrected chi connectivity index (χ0v) is 88.9. The van der Waals surface area contributed by atoms with Gasteiger partial charge in [0, 0.05) is 197 Å². The summed E-state index contributed by atoms with van der Waals surface area (Å²) in [5, 5.41) is 16.0. The normalized spacial score (nSPS) is 37.8. The lowest BCUT2D eigenvalue weighted by Crippen LogP contribution is -2.44. The molecule has 37 atom stereocenters. The lowest BCUT2D eigenvalue weighted by Gasteiger charge is -2.37. The number of fused-ring (bicyclic) bond motifs is 2. The lowest BCUT2D eigenvalue weighted by atomic mass is 9.85. The van der Waals surface area contributed by atoms with Crippen molar-refractivity contribution in [1.29, 1.82) is 0 Å². The quantitative estimate of drug-likeness (QED) is 0.0192. The summed E-state index contributed by atoms with van der Waals surface area (Å²) in [6.07, 6.45) is 4.57. The summed E-state index contributed by atoms with van der Waals surface area (Å²) in [6.45, 7) is 22.6. The van der Waals surface area contributed by atoms with E-state index in [1.165, 1.54) is 27.6 Å². The Morgan fingerprint density at radius 1 is 0.579 bits per heavy atom.